The zero-order chi connectivity index (χ0) is 20.4. The number of piperidine rings is 1. The molecule has 0 aliphatic carbocycles. The summed E-state index contributed by atoms with van der Waals surface area (Å²) in [6, 6.07) is 0. The number of aromatic nitrogens is 2. The van der Waals surface area contributed by atoms with Crippen molar-refractivity contribution in [2.24, 2.45) is 5.92 Å². The summed E-state index contributed by atoms with van der Waals surface area (Å²) < 4.78 is 0. The van der Waals surface area contributed by atoms with E-state index in [1.807, 2.05) is 9.80 Å². The molecule has 3 aliphatic heterocycles. The van der Waals surface area contributed by atoms with Gasteiger partial charge in [0.25, 0.3) is 5.91 Å². The van der Waals surface area contributed by atoms with Gasteiger partial charge in [0.2, 0.25) is 11.8 Å². The van der Waals surface area contributed by atoms with Crippen LogP contribution in [0.1, 0.15) is 66.9 Å². The van der Waals surface area contributed by atoms with Gasteiger partial charge in [-0.25, -0.2) is 0 Å². The average molecular weight is 402 g/mol. The molecule has 0 aromatic carbocycles. The number of carbonyl (C=O) groups excluding carboxylic acids is 3. The molecule has 4 rings (SSSR count). The van der Waals surface area contributed by atoms with Crippen LogP contribution in [0.3, 0.4) is 0 Å². The van der Waals surface area contributed by atoms with Gasteiger partial charge in [0.05, 0.1) is 23.4 Å². The maximum absolute atomic E-state index is 13.0. The first-order valence-corrected chi connectivity index (χ1v) is 10.9. The number of rotatable bonds is 3. The molecule has 0 unspecified atom stereocenters. The lowest BCUT2D eigenvalue weighted by molar-refractivity contribution is -0.136. The standard InChI is InChI=1S/C21H31N5O3/c1-24-14-16(12-18(24)27)20(28)26-10-6-15(7-11-26)19-17(13-22-23-19)21(29)25-8-4-2-3-5-9-25/h13,15-16H,2-12,14H2,1H3,(H,22,23)/t16-/m0/s1. The van der Waals surface area contributed by atoms with E-state index in [4.69, 9.17) is 0 Å². The highest BCUT2D eigenvalue weighted by Crippen LogP contribution is 2.31. The number of nitrogens with zero attached hydrogens (tertiary/aromatic N) is 4. The first-order valence-electron chi connectivity index (χ1n) is 10.9. The first kappa shape index (κ1) is 19.9. The lowest BCUT2D eigenvalue weighted by Crippen LogP contribution is -2.42. The van der Waals surface area contributed by atoms with Gasteiger partial charge in [0, 0.05) is 52.1 Å². The minimum Gasteiger partial charge on any atom is -0.345 e. The number of carbonyl (C=O) groups is 3. The summed E-state index contributed by atoms with van der Waals surface area (Å²) in [5, 5.41) is 7.24. The van der Waals surface area contributed by atoms with Crippen LogP contribution in [-0.4, -0.2) is 82.4 Å². The molecule has 3 aliphatic rings. The lowest BCUT2D eigenvalue weighted by atomic mass is 9.90. The fourth-order valence-electron chi connectivity index (χ4n) is 4.90. The molecule has 3 fully saturated rings. The van der Waals surface area contributed by atoms with Crippen LogP contribution in [0.25, 0.3) is 0 Å². The highest BCUT2D eigenvalue weighted by molar-refractivity contribution is 5.95. The minimum atomic E-state index is -0.212. The Labute approximate surface area is 171 Å². The summed E-state index contributed by atoms with van der Waals surface area (Å²) >= 11 is 0. The van der Waals surface area contributed by atoms with Gasteiger partial charge in [0.1, 0.15) is 0 Å². The molecule has 0 bridgehead atoms. The van der Waals surface area contributed by atoms with Crippen molar-refractivity contribution in [1.82, 2.24) is 24.9 Å². The van der Waals surface area contributed by atoms with Crippen LogP contribution in [0, 0.1) is 5.92 Å². The molecule has 158 valence electrons. The van der Waals surface area contributed by atoms with Crippen molar-refractivity contribution >= 4 is 17.7 Å². The van der Waals surface area contributed by atoms with Crippen LogP contribution in [0.5, 0.6) is 0 Å². The SMILES string of the molecule is CN1C[C@@H](C(=O)N2CCC(c3[nH]ncc3C(=O)N3CCCCCC3)CC2)CC1=O. The second-order valence-corrected chi connectivity index (χ2v) is 8.68. The van der Waals surface area contributed by atoms with Crippen molar-refractivity contribution in [1.29, 1.82) is 0 Å². The molecule has 4 heterocycles. The number of hydrogen-bond donors (Lipinski definition) is 1. The predicted molar refractivity (Wildman–Crippen MR) is 107 cm³/mol. The summed E-state index contributed by atoms with van der Waals surface area (Å²) in [7, 11) is 1.75. The predicted octanol–water partition coefficient (Wildman–Crippen LogP) is 1.61. The normalized spacial score (nSPS) is 24.1. The molecule has 1 atom stereocenters. The van der Waals surface area contributed by atoms with Crippen LogP contribution in [-0.2, 0) is 9.59 Å². The van der Waals surface area contributed by atoms with Gasteiger partial charge in [0.15, 0.2) is 0 Å². The molecule has 1 aromatic heterocycles. The highest BCUT2D eigenvalue weighted by Gasteiger charge is 2.36. The number of hydrogen-bond acceptors (Lipinski definition) is 4. The first-order chi connectivity index (χ1) is 14.0. The van der Waals surface area contributed by atoms with Crippen molar-refractivity contribution < 1.29 is 14.4 Å². The van der Waals surface area contributed by atoms with E-state index in [9.17, 15) is 14.4 Å². The highest BCUT2D eigenvalue weighted by atomic mass is 16.2. The molecule has 1 aromatic rings. The van der Waals surface area contributed by atoms with Gasteiger partial charge in [-0.3, -0.25) is 19.5 Å². The Bertz CT molecular complexity index is 760. The van der Waals surface area contributed by atoms with Crippen molar-refractivity contribution in [2.75, 3.05) is 39.8 Å². The van der Waals surface area contributed by atoms with E-state index in [-0.39, 0.29) is 29.6 Å². The monoisotopic (exact) mass is 401 g/mol. The molecule has 0 saturated carbocycles. The zero-order valence-corrected chi connectivity index (χ0v) is 17.2. The van der Waals surface area contributed by atoms with Crippen LogP contribution in [0.2, 0.25) is 0 Å². The Morgan fingerprint density at radius 1 is 1.03 bits per heavy atom. The quantitative estimate of drug-likeness (QED) is 0.833. The lowest BCUT2D eigenvalue weighted by Gasteiger charge is -2.33. The third-order valence-corrected chi connectivity index (χ3v) is 6.70. The summed E-state index contributed by atoms with van der Waals surface area (Å²) in [5.41, 5.74) is 1.61. The molecule has 3 amide bonds. The maximum Gasteiger partial charge on any atom is 0.257 e. The van der Waals surface area contributed by atoms with E-state index in [0.717, 1.165) is 44.5 Å². The molecular weight excluding hydrogens is 370 g/mol. The smallest absolute Gasteiger partial charge is 0.257 e. The van der Waals surface area contributed by atoms with Gasteiger partial charge in [-0.2, -0.15) is 5.10 Å². The molecular formula is C21H31N5O3. The zero-order valence-electron chi connectivity index (χ0n) is 17.2. The number of nitrogens with one attached hydrogen (secondary N) is 1. The number of amides is 3. The van der Waals surface area contributed by atoms with Crippen LogP contribution in [0.4, 0.5) is 0 Å². The van der Waals surface area contributed by atoms with E-state index in [2.05, 4.69) is 10.2 Å². The van der Waals surface area contributed by atoms with Crippen LogP contribution < -0.4 is 0 Å². The van der Waals surface area contributed by atoms with Crippen molar-refractivity contribution in [3.63, 3.8) is 0 Å². The Morgan fingerprint density at radius 3 is 2.34 bits per heavy atom. The van der Waals surface area contributed by atoms with E-state index in [0.29, 0.717) is 31.6 Å². The molecule has 0 radical (unpaired) electrons. The number of aromatic amines is 1. The second-order valence-electron chi connectivity index (χ2n) is 8.68. The van der Waals surface area contributed by atoms with E-state index in [1.54, 1.807) is 18.1 Å². The summed E-state index contributed by atoms with van der Waals surface area (Å²) in [5.74, 6) is 0.220. The number of H-pyrrole nitrogens is 1. The van der Waals surface area contributed by atoms with Gasteiger partial charge in [-0.05, 0) is 25.7 Å². The van der Waals surface area contributed by atoms with Gasteiger partial charge >= 0.3 is 0 Å². The summed E-state index contributed by atoms with van der Waals surface area (Å²) in [6.45, 7) is 3.49. The molecule has 1 N–H and O–H groups in total. The Hall–Kier alpha value is -2.38. The summed E-state index contributed by atoms with van der Waals surface area (Å²) in [4.78, 5) is 43.1. The largest absolute Gasteiger partial charge is 0.345 e. The van der Waals surface area contributed by atoms with Crippen LogP contribution in [0.15, 0.2) is 6.20 Å². The van der Waals surface area contributed by atoms with Crippen molar-refractivity contribution in [2.45, 2.75) is 50.9 Å². The second kappa shape index (κ2) is 8.55. The van der Waals surface area contributed by atoms with Crippen molar-refractivity contribution in [3.05, 3.63) is 17.5 Å². The molecule has 8 heteroatoms. The van der Waals surface area contributed by atoms with Gasteiger partial charge in [-0.15, -0.1) is 0 Å². The Kier molecular flexibility index (Phi) is 5.87. The Balaban J connectivity index is 1.37. The van der Waals surface area contributed by atoms with Gasteiger partial charge < -0.3 is 14.7 Å². The van der Waals surface area contributed by atoms with E-state index >= 15 is 0 Å². The molecule has 8 nitrogen and oxygen atoms in total. The van der Waals surface area contributed by atoms with Crippen LogP contribution >= 0.6 is 0 Å². The Morgan fingerprint density at radius 2 is 1.72 bits per heavy atom. The maximum atomic E-state index is 13.0. The molecule has 29 heavy (non-hydrogen) atoms. The summed E-state index contributed by atoms with van der Waals surface area (Å²) in [6.07, 6.45) is 8.13. The third-order valence-electron chi connectivity index (χ3n) is 6.70. The molecule has 0 spiro atoms. The van der Waals surface area contributed by atoms with Crippen molar-refractivity contribution in [3.8, 4) is 0 Å². The fraction of sp³-hybridized carbons (Fsp3) is 0.714. The molecule has 3 saturated heterocycles. The van der Waals surface area contributed by atoms with Gasteiger partial charge in [-0.1, -0.05) is 12.8 Å². The topological polar surface area (TPSA) is 89.6 Å². The minimum absolute atomic E-state index is 0.0485. The number of likely N-dealkylation sites (tertiary alicyclic amines) is 3. The van der Waals surface area contributed by atoms with E-state index in [1.165, 1.54) is 12.8 Å². The third kappa shape index (κ3) is 4.16. The van der Waals surface area contributed by atoms with E-state index < -0.39 is 0 Å². The average Bonchev–Trinajstić information content (AvgIpc) is 3.24. The fourth-order valence-corrected chi connectivity index (χ4v) is 4.90.